The van der Waals surface area contributed by atoms with Gasteiger partial charge in [-0.05, 0) is 24.4 Å². The third-order valence-electron chi connectivity index (χ3n) is 2.79. The van der Waals surface area contributed by atoms with E-state index in [1.807, 2.05) is 18.4 Å². The Kier molecular flexibility index (Phi) is 3.98. The SMILES string of the molecule is O=C(Nc1sc(C2=CC=CNC2)nc1Cl)c1ccccn1. The van der Waals surface area contributed by atoms with E-state index in [0.717, 1.165) is 10.6 Å². The van der Waals surface area contributed by atoms with Gasteiger partial charge in [-0.15, -0.1) is 0 Å². The highest BCUT2D eigenvalue weighted by molar-refractivity contribution is 7.17. The minimum absolute atomic E-state index is 0.287. The van der Waals surface area contributed by atoms with Gasteiger partial charge in [0.2, 0.25) is 0 Å². The number of carbonyl (C=O) groups is 1. The lowest BCUT2D eigenvalue weighted by atomic mass is 10.2. The molecule has 106 valence electrons. The van der Waals surface area contributed by atoms with Crippen molar-refractivity contribution in [2.75, 3.05) is 11.9 Å². The molecule has 3 rings (SSSR count). The first kappa shape index (κ1) is 13.8. The van der Waals surface area contributed by atoms with Gasteiger partial charge in [-0.3, -0.25) is 9.78 Å². The van der Waals surface area contributed by atoms with Crippen LogP contribution in [0.3, 0.4) is 0 Å². The topological polar surface area (TPSA) is 66.9 Å². The number of halogens is 1. The second-order valence-corrected chi connectivity index (χ2v) is 5.60. The summed E-state index contributed by atoms with van der Waals surface area (Å²) in [6, 6.07) is 5.15. The molecule has 0 fully saturated rings. The molecular weight excluding hydrogens is 308 g/mol. The molecule has 0 saturated carbocycles. The van der Waals surface area contributed by atoms with Crippen LogP contribution in [0.5, 0.6) is 0 Å². The number of amides is 1. The summed E-state index contributed by atoms with van der Waals surface area (Å²) in [5, 5.41) is 7.45. The molecule has 0 aromatic carbocycles. The quantitative estimate of drug-likeness (QED) is 0.913. The standard InChI is InChI=1S/C14H11ClN4OS/c15-11-14(19-12(20)10-5-1-2-7-17-10)21-13(18-11)9-4-3-6-16-8-9/h1-7,16H,8H2,(H,19,20). The van der Waals surface area contributed by atoms with E-state index in [0.29, 0.717) is 17.2 Å². The molecule has 7 heteroatoms. The summed E-state index contributed by atoms with van der Waals surface area (Å²) in [6.45, 7) is 0.688. The van der Waals surface area contributed by atoms with Gasteiger partial charge in [-0.1, -0.05) is 35.1 Å². The molecule has 2 aromatic heterocycles. The highest BCUT2D eigenvalue weighted by Crippen LogP contribution is 2.33. The molecule has 0 saturated heterocycles. The number of hydrogen-bond acceptors (Lipinski definition) is 5. The number of carbonyl (C=O) groups excluding carboxylic acids is 1. The average molecular weight is 319 g/mol. The van der Waals surface area contributed by atoms with Gasteiger partial charge in [-0.2, -0.15) is 0 Å². The van der Waals surface area contributed by atoms with Gasteiger partial charge < -0.3 is 10.6 Å². The van der Waals surface area contributed by atoms with Crippen molar-refractivity contribution in [2.45, 2.75) is 0 Å². The minimum Gasteiger partial charge on any atom is -0.387 e. The molecule has 1 aliphatic heterocycles. The molecule has 0 radical (unpaired) electrons. The number of aromatic nitrogens is 2. The predicted molar refractivity (Wildman–Crippen MR) is 84.4 cm³/mol. The van der Waals surface area contributed by atoms with Crippen LogP contribution >= 0.6 is 22.9 Å². The molecule has 1 aliphatic rings. The van der Waals surface area contributed by atoms with Crippen LogP contribution in [0.15, 0.2) is 42.7 Å². The zero-order chi connectivity index (χ0) is 14.7. The van der Waals surface area contributed by atoms with Crippen molar-refractivity contribution in [2.24, 2.45) is 0 Å². The fraction of sp³-hybridized carbons (Fsp3) is 0.0714. The summed E-state index contributed by atoms with van der Waals surface area (Å²) >= 11 is 7.44. The maximum absolute atomic E-state index is 12.1. The van der Waals surface area contributed by atoms with Crippen molar-refractivity contribution in [3.8, 4) is 0 Å². The number of dihydropyridines is 1. The maximum atomic E-state index is 12.1. The largest absolute Gasteiger partial charge is 0.387 e. The van der Waals surface area contributed by atoms with Crippen LogP contribution in [0.1, 0.15) is 15.5 Å². The lowest BCUT2D eigenvalue weighted by molar-refractivity contribution is 0.102. The van der Waals surface area contributed by atoms with E-state index in [4.69, 9.17) is 11.6 Å². The molecule has 0 bridgehead atoms. The van der Waals surface area contributed by atoms with Crippen LogP contribution in [-0.2, 0) is 0 Å². The Morgan fingerprint density at radius 1 is 1.43 bits per heavy atom. The molecule has 3 heterocycles. The molecule has 0 aliphatic carbocycles. The zero-order valence-corrected chi connectivity index (χ0v) is 12.4. The third-order valence-corrected chi connectivity index (χ3v) is 4.22. The number of nitrogens with zero attached hydrogens (tertiary/aromatic N) is 2. The van der Waals surface area contributed by atoms with Crippen LogP contribution in [0.2, 0.25) is 5.15 Å². The fourth-order valence-corrected chi connectivity index (χ4v) is 2.96. The number of hydrogen-bond donors (Lipinski definition) is 2. The number of nitrogens with one attached hydrogen (secondary N) is 2. The number of rotatable bonds is 3. The van der Waals surface area contributed by atoms with Gasteiger partial charge in [0.1, 0.15) is 15.7 Å². The van der Waals surface area contributed by atoms with Gasteiger partial charge in [0.15, 0.2) is 5.15 Å². The summed E-state index contributed by atoms with van der Waals surface area (Å²) < 4.78 is 0. The van der Waals surface area contributed by atoms with E-state index in [-0.39, 0.29) is 11.1 Å². The molecule has 5 nitrogen and oxygen atoms in total. The Morgan fingerprint density at radius 2 is 2.33 bits per heavy atom. The minimum atomic E-state index is -0.302. The Bertz CT molecular complexity index is 724. The predicted octanol–water partition coefficient (Wildman–Crippen LogP) is 2.94. The highest BCUT2D eigenvalue weighted by Gasteiger charge is 2.16. The van der Waals surface area contributed by atoms with E-state index >= 15 is 0 Å². The molecule has 2 aromatic rings. The van der Waals surface area contributed by atoms with Gasteiger partial charge in [0.05, 0.1) is 0 Å². The van der Waals surface area contributed by atoms with Crippen molar-refractivity contribution in [1.82, 2.24) is 15.3 Å². The average Bonchev–Trinajstić information content (AvgIpc) is 2.90. The molecule has 0 atom stereocenters. The summed E-state index contributed by atoms with van der Waals surface area (Å²) in [5.74, 6) is -0.302. The van der Waals surface area contributed by atoms with Crippen molar-refractivity contribution in [3.05, 3.63) is 58.6 Å². The highest BCUT2D eigenvalue weighted by atomic mass is 35.5. The number of allylic oxidation sites excluding steroid dienone is 2. The summed E-state index contributed by atoms with van der Waals surface area (Å²) in [4.78, 5) is 20.3. The number of thiazole rings is 1. The molecule has 2 N–H and O–H groups in total. The second-order valence-electron chi connectivity index (χ2n) is 4.24. The number of pyridine rings is 1. The van der Waals surface area contributed by atoms with Gasteiger partial charge in [0, 0.05) is 18.3 Å². The normalized spacial score (nSPS) is 13.5. The van der Waals surface area contributed by atoms with Crippen molar-refractivity contribution in [1.29, 1.82) is 0 Å². The molecule has 0 unspecified atom stereocenters. The first-order chi connectivity index (χ1) is 10.2. The van der Waals surface area contributed by atoms with Gasteiger partial charge in [0.25, 0.3) is 5.91 Å². The summed E-state index contributed by atoms with van der Waals surface area (Å²) in [7, 11) is 0. The fourth-order valence-electron chi connectivity index (χ4n) is 1.79. The van der Waals surface area contributed by atoms with E-state index in [9.17, 15) is 4.79 Å². The zero-order valence-electron chi connectivity index (χ0n) is 10.8. The Balaban J connectivity index is 1.80. The van der Waals surface area contributed by atoms with Crippen molar-refractivity contribution >= 4 is 39.4 Å². The van der Waals surface area contributed by atoms with Crippen LogP contribution in [-0.4, -0.2) is 22.4 Å². The van der Waals surface area contributed by atoms with E-state index in [2.05, 4.69) is 20.6 Å². The van der Waals surface area contributed by atoms with Gasteiger partial charge >= 0.3 is 0 Å². The molecule has 0 spiro atoms. The summed E-state index contributed by atoms with van der Waals surface area (Å²) in [6.07, 6.45) is 7.30. The maximum Gasteiger partial charge on any atom is 0.274 e. The lowest BCUT2D eigenvalue weighted by Crippen LogP contribution is -2.12. The molecule has 21 heavy (non-hydrogen) atoms. The van der Waals surface area contributed by atoms with Crippen LogP contribution in [0.25, 0.3) is 5.57 Å². The van der Waals surface area contributed by atoms with E-state index in [1.165, 1.54) is 11.3 Å². The van der Waals surface area contributed by atoms with Crippen LogP contribution in [0.4, 0.5) is 5.00 Å². The van der Waals surface area contributed by atoms with Crippen molar-refractivity contribution < 1.29 is 4.79 Å². The molecular formula is C14H11ClN4OS. The first-order valence-corrected chi connectivity index (χ1v) is 7.41. The van der Waals surface area contributed by atoms with Crippen molar-refractivity contribution in [3.63, 3.8) is 0 Å². The smallest absolute Gasteiger partial charge is 0.274 e. The second kappa shape index (κ2) is 6.07. The first-order valence-electron chi connectivity index (χ1n) is 6.22. The molecule has 1 amide bonds. The Morgan fingerprint density at radius 3 is 3.05 bits per heavy atom. The summed E-state index contributed by atoms with van der Waals surface area (Å²) in [5.41, 5.74) is 1.37. The van der Waals surface area contributed by atoms with E-state index in [1.54, 1.807) is 24.4 Å². The Hall–Kier alpha value is -2.18. The monoisotopic (exact) mass is 318 g/mol. The third kappa shape index (κ3) is 3.12. The Labute approximate surface area is 130 Å². The van der Waals surface area contributed by atoms with Crippen LogP contribution in [0, 0.1) is 0 Å². The van der Waals surface area contributed by atoms with Gasteiger partial charge in [-0.25, -0.2) is 4.98 Å². The van der Waals surface area contributed by atoms with Crippen LogP contribution < -0.4 is 10.6 Å². The lowest BCUT2D eigenvalue weighted by Gasteiger charge is -2.06. The number of anilines is 1. The van der Waals surface area contributed by atoms with E-state index < -0.39 is 0 Å².